The summed E-state index contributed by atoms with van der Waals surface area (Å²) < 4.78 is 83.3. The minimum atomic E-state index is -2.69. The molecule has 15 N–H and O–H groups in total. The quantitative estimate of drug-likeness (QED) is 0.0498. The average molecular weight is 1140 g/mol. The van der Waals surface area contributed by atoms with Crippen LogP contribution in [0.2, 0.25) is 0 Å². The Morgan fingerprint density at radius 1 is 0.556 bits per heavy atom. The van der Waals surface area contributed by atoms with Crippen LogP contribution < -0.4 is 39.5 Å². The number of aromatic amines is 3. The molecule has 4 unspecified atom stereocenters. The predicted octanol–water partition coefficient (Wildman–Crippen LogP) is -6.45. The first-order valence-electron chi connectivity index (χ1n) is 23.1. The first kappa shape index (κ1) is 60.0. The van der Waals surface area contributed by atoms with Crippen LogP contribution in [0.15, 0.2) is 67.5 Å². The number of halogens is 4. The molecule has 0 bridgehead atoms. The summed E-state index contributed by atoms with van der Waals surface area (Å²) >= 11 is 0. The molecule has 4 aliphatic rings. The molecular weight excluding hydrogens is 1100 g/mol. The molecule has 4 aliphatic heterocycles. The number of anilines is 2. The zero-order valence-corrected chi connectivity index (χ0v) is 41.1. The largest absolute Gasteiger partial charge is 0.394 e. The van der Waals surface area contributed by atoms with Crippen LogP contribution in [0.1, 0.15) is 24.9 Å². The lowest BCUT2D eigenvalue weighted by Crippen LogP contribution is -2.44. The van der Waals surface area contributed by atoms with E-state index in [-0.39, 0.29) is 34.1 Å². The van der Waals surface area contributed by atoms with Crippen molar-refractivity contribution in [3.8, 4) is 49.4 Å². The van der Waals surface area contributed by atoms with Gasteiger partial charge in [-0.25, -0.2) is 42.1 Å². The van der Waals surface area contributed by atoms with E-state index in [0.29, 0.717) is 0 Å². The van der Waals surface area contributed by atoms with Crippen LogP contribution in [0, 0.1) is 49.4 Å². The standard InChI is InChI=1S/C12H12FN5O4.C12H11FN4O4.C11H12FN3O4.C11H11FN2O5/c1-2-12(13)7(20)5(3-19)22-10(12)18-4-15-6-8(18)16-11(14)17-9(6)21;1-2-12(13)8(19)6(3-18)21-11(12)17-5-16-7-9(17)14-4-15-10(7)20;1-2-11(12)8(17)6(5-16)19-9(11)15-4-3-7(13)14-10(15)18;1-2-11(12)8(17)6(5-15)19-9(11)14-4-3-7(16)13-10(14)18/h1,4-5,7,10,19-20H,3H2,(H3,14,16,17,21);1,4-6,8,11,18-19H,3H2,(H,14,15,20);1,3-4,6,8-9,16-17H,5H2,(H2,13,14,18);1,3-4,6,8-9,15,17H,5H2,(H,13,16,18)/t5-,7?,10-,12+;6-,8?,11-,12+;2*6-,8?,9-,11+/m1111/s1. The number of fused-ring (bicyclic) bond motifs is 2. The SMILES string of the molecule is C#C[C@]1(F)C(O)[C@@H](CO)O[C@H]1n1ccc(=O)[nH]c1=O.C#C[C@]1(F)C(O)[C@@H](CO)O[C@H]1n1ccc(N)nc1=O.C#C[C@]1(F)C(O)[C@@H](CO)O[C@H]1n1cnc2c(=O)[nH]c(N)nc21.C#C[C@]1(F)C(O)[C@@H](CO)O[C@H]1n1cnc2c(=O)[nH]cnc21. The molecular formula is C46H46F4N14O17. The van der Waals surface area contributed by atoms with Crippen molar-refractivity contribution in [2.45, 2.75) is 96.4 Å². The minimum Gasteiger partial charge on any atom is -0.394 e. The summed E-state index contributed by atoms with van der Waals surface area (Å²) in [4.78, 5) is 82.8. The van der Waals surface area contributed by atoms with Gasteiger partial charge < -0.3 is 76.3 Å². The third-order valence-corrected chi connectivity index (χ3v) is 12.9. The molecule has 4 fully saturated rings. The molecule has 35 heteroatoms. The number of aliphatic hydroxyl groups is 8. The van der Waals surface area contributed by atoms with E-state index in [4.69, 9.17) is 76.5 Å². The van der Waals surface area contributed by atoms with Gasteiger partial charge in [-0.2, -0.15) is 9.97 Å². The highest BCUT2D eigenvalue weighted by molar-refractivity contribution is 5.71. The summed E-state index contributed by atoms with van der Waals surface area (Å²) in [6.07, 6.45) is 7.98. The fourth-order valence-electron chi connectivity index (χ4n) is 8.66. The van der Waals surface area contributed by atoms with Crippen LogP contribution in [0.4, 0.5) is 29.3 Å². The normalized spacial score (nSPS) is 32.9. The molecule has 430 valence electrons. The Hall–Kier alpha value is -8.66. The maximum Gasteiger partial charge on any atom is 0.351 e. The average Bonchev–Trinajstić information content (AvgIpc) is 4.45. The lowest BCUT2D eigenvalue weighted by molar-refractivity contribution is -0.0543. The van der Waals surface area contributed by atoms with Crippen molar-refractivity contribution in [3.63, 3.8) is 0 Å². The van der Waals surface area contributed by atoms with Crippen molar-refractivity contribution < 1.29 is 77.4 Å². The molecule has 0 saturated carbocycles. The number of imidazole rings is 2. The van der Waals surface area contributed by atoms with Crippen molar-refractivity contribution in [2.24, 2.45) is 0 Å². The van der Waals surface area contributed by atoms with Gasteiger partial charge >= 0.3 is 11.4 Å². The van der Waals surface area contributed by atoms with Gasteiger partial charge in [0.05, 0.1) is 45.4 Å². The maximum atomic E-state index is 14.9. The summed E-state index contributed by atoms with van der Waals surface area (Å²) in [5.41, 5.74) is -3.40. The minimum absolute atomic E-state index is 0.0117. The highest BCUT2D eigenvalue weighted by Crippen LogP contribution is 2.44. The highest BCUT2D eigenvalue weighted by Gasteiger charge is 2.61. The van der Waals surface area contributed by atoms with Gasteiger partial charge in [-0.3, -0.25) is 42.6 Å². The number of nitrogens with one attached hydrogen (secondary N) is 3. The Morgan fingerprint density at radius 3 is 1.36 bits per heavy atom. The van der Waals surface area contributed by atoms with Crippen LogP contribution in [0.5, 0.6) is 0 Å². The van der Waals surface area contributed by atoms with Gasteiger partial charge in [0.25, 0.3) is 16.7 Å². The van der Waals surface area contributed by atoms with E-state index >= 15 is 0 Å². The fourth-order valence-corrected chi connectivity index (χ4v) is 8.66. The zero-order chi connectivity index (χ0) is 59.7. The van der Waals surface area contributed by atoms with Crippen molar-refractivity contribution in [1.29, 1.82) is 0 Å². The van der Waals surface area contributed by atoms with Gasteiger partial charge in [0.2, 0.25) is 28.6 Å². The van der Waals surface area contributed by atoms with Crippen molar-refractivity contribution >= 4 is 34.1 Å². The summed E-state index contributed by atoms with van der Waals surface area (Å²) in [5.74, 6) is 6.98. The lowest BCUT2D eigenvalue weighted by atomic mass is 9.97. The number of alkyl halides is 4. The van der Waals surface area contributed by atoms with Crippen molar-refractivity contribution in [1.82, 2.24) is 58.1 Å². The molecule has 31 nitrogen and oxygen atoms in total. The second-order valence-corrected chi connectivity index (χ2v) is 17.7. The van der Waals surface area contributed by atoms with Crippen LogP contribution in [-0.2, 0) is 18.9 Å². The van der Waals surface area contributed by atoms with Crippen LogP contribution in [-0.4, -0.2) is 197 Å². The third kappa shape index (κ3) is 10.4. The summed E-state index contributed by atoms with van der Waals surface area (Å²) in [6, 6.07) is 2.25. The smallest absolute Gasteiger partial charge is 0.351 e. The molecule has 0 spiro atoms. The van der Waals surface area contributed by atoms with E-state index in [0.717, 1.165) is 55.7 Å². The van der Waals surface area contributed by atoms with E-state index < -0.39 is 151 Å². The summed E-state index contributed by atoms with van der Waals surface area (Å²) in [5, 5.41) is 75.4. The number of rotatable bonds is 8. The molecule has 0 amide bonds. The van der Waals surface area contributed by atoms with Crippen LogP contribution in [0.25, 0.3) is 22.3 Å². The van der Waals surface area contributed by atoms with Gasteiger partial charge in [-0.1, -0.05) is 23.7 Å². The molecule has 10 rings (SSSR count). The summed E-state index contributed by atoms with van der Waals surface area (Å²) in [7, 11) is 0. The number of aromatic nitrogens is 12. The molecule has 0 radical (unpaired) electrons. The molecule has 0 aliphatic carbocycles. The Labute approximate surface area is 448 Å². The number of terminal acetylenes is 4. The Kier molecular flexibility index (Phi) is 17.2. The van der Waals surface area contributed by atoms with Crippen molar-refractivity contribution in [2.75, 3.05) is 37.9 Å². The molecule has 6 aromatic heterocycles. The summed E-state index contributed by atoms with van der Waals surface area (Å²) in [6.45, 7) is -2.54. The van der Waals surface area contributed by atoms with E-state index in [9.17, 15) is 62.0 Å². The molecule has 0 aromatic carbocycles. The second-order valence-electron chi connectivity index (χ2n) is 17.7. The molecule has 4 saturated heterocycles. The van der Waals surface area contributed by atoms with E-state index in [1.165, 1.54) is 6.07 Å². The molecule has 10 heterocycles. The fraction of sp³-hybridized carbons (Fsp3) is 0.435. The van der Waals surface area contributed by atoms with E-state index in [2.05, 4.69) is 34.9 Å². The number of H-pyrrole nitrogens is 3. The predicted molar refractivity (Wildman–Crippen MR) is 264 cm³/mol. The number of hydrogen-bond acceptors (Lipinski definition) is 24. The number of ether oxygens (including phenoxy) is 4. The molecule has 6 aromatic rings. The number of aliphatic hydroxyl groups excluding tert-OH is 8. The third-order valence-electron chi connectivity index (χ3n) is 12.9. The van der Waals surface area contributed by atoms with E-state index in [1.54, 1.807) is 11.8 Å². The first-order valence-corrected chi connectivity index (χ1v) is 23.1. The molecule has 81 heavy (non-hydrogen) atoms. The number of nitrogens with zero attached hydrogens (tertiary/aromatic N) is 9. The first-order chi connectivity index (χ1) is 38.3. The molecule has 16 atom stereocenters. The van der Waals surface area contributed by atoms with Gasteiger partial charge in [-0.15, -0.1) is 25.7 Å². The van der Waals surface area contributed by atoms with Crippen molar-refractivity contribution in [3.05, 3.63) is 95.5 Å². The van der Waals surface area contributed by atoms with Gasteiger partial charge in [0.1, 0.15) is 54.6 Å². The van der Waals surface area contributed by atoms with Gasteiger partial charge in [0.15, 0.2) is 47.2 Å². The van der Waals surface area contributed by atoms with Crippen LogP contribution in [0.3, 0.4) is 0 Å². The number of nitrogen functional groups attached to an aromatic ring is 2. The topological polar surface area (TPSA) is 468 Å². The lowest BCUT2D eigenvalue weighted by Gasteiger charge is -2.23. The maximum absolute atomic E-state index is 14.9. The second kappa shape index (κ2) is 23.2. The zero-order valence-electron chi connectivity index (χ0n) is 41.1. The van der Waals surface area contributed by atoms with Gasteiger partial charge in [0, 0.05) is 18.5 Å². The Balaban J connectivity index is 0.000000156. The Bertz CT molecular complexity index is 3790. The Morgan fingerprint density at radius 2 is 0.951 bits per heavy atom. The van der Waals surface area contributed by atoms with Gasteiger partial charge in [-0.05, 0) is 6.07 Å². The van der Waals surface area contributed by atoms with Crippen LogP contribution >= 0.6 is 0 Å². The number of nitrogens with two attached hydrogens (primary N) is 2. The van der Waals surface area contributed by atoms with E-state index in [1.807, 2.05) is 16.8 Å². The highest BCUT2D eigenvalue weighted by atomic mass is 19.2. The monoisotopic (exact) mass is 1140 g/mol. The number of hydrogen-bond donors (Lipinski definition) is 13.